The van der Waals surface area contributed by atoms with Crippen LogP contribution in [-0.2, 0) is 0 Å². The number of carbonyl (C=O) groups excluding carboxylic acids is 1. The minimum absolute atomic E-state index is 0.00319. The van der Waals surface area contributed by atoms with Gasteiger partial charge in [0.2, 0.25) is 0 Å². The molecule has 0 heterocycles. The zero-order valence-corrected chi connectivity index (χ0v) is 8.95. The predicted molar refractivity (Wildman–Crippen MR) is 52.6 cm³/mol. The van der Waals surface area contributed by atoms with E-state index in [-0.39, 0.29) is 18.7 Å². The second-order valence-electron chi connectivity index (χ2n) is 3.54. The molecule has 0 aliphatic carbocycles. The first kappa shape index (κ1) is 12.2. The maximum atomic E-state index is 11.6. The molecular weight excluding hydrogens is 168 g/mol. The molecule has 13 heavy (non-hydrogen) atoms. The monoisotopic (exact) mass is 188 g/mol. The van der Waals surface area contributed by atoms with Gasteiger partial charge in [-0.25, -0.2) is 4.79 Å². The van der Waals surface area contributed by atoms with Gasteiger partial charge in [-0.15, -0.1) is 0 Å². The third-order valence-electron chi connectivity index (χ3n) is 1.81. The van der Waals surface area contributed by atoms with Gasteiger partial charge in [-0.1, -0.05) is 0 Å². The summed E-state index contributed by atoms with van der Waals surface area (Å²) in [5, 5.41) is 8.67. The van der Waals surface area contributed by atoms with E-state index in [2.05, 4.69) is 0 Å². The number of carbonyl (C=O) groups is 1. The van der Waals surface area contributed by atoms with Crippen LogP contribution < -0.4 is 0 Å². The van der Waals surface area contributed by atoms with Gasteiger partial charge < -0.3 is 14.9 Å². The maximum Gasteiger partial charge on any atom is 0.319 e. The second kappa shape index (κ2) is 5.80. The Balaban J connectivity index is 4.16. The third-order valence-corrected chi connectivity index (χ3v) is 1.81. The van der Waals surface area contributed by atoms with E-state index in [0.29, 0.717) is 13.0 Å². The lowest BCUT2D eigenvalue weighted by atomic mass is 10.3. The van der Waals surface area contributed by atoms with Crippen LogP contribution >= 0.6 is 0 Å². The van der Waals surface area contributed by atoms with Crippen LogP contribution in [0.1, 0.15) is 20.3 Å². The molecule has 0 atom stereocenters. The highest BCUT2D eigenvalue weighted by Gasteiger charge is 2.17. The number of rotatable bonds is 4. The lowest BCUT2D eigenvalue weighted by Crippen LogP contribution is -2.44. The third kappa shape index (κ3) is 4.12. The van der Waals surface area contributed by atoms with Gasteiger partial charge in [-0.2, -0.15) is 0 Å². The molecular formula is C9H20N2O2. The highest BCUT2D eigenvalue weighted by molar-refractivity contribution is 5.74. The largest absolute Gasteiger partial charge is 0.396 e. The van der Waals surface area contributed by atoms with Crippen molar-refractivity contribution in [2.45, 2.75) is 26.3 Å². The Labute approximate surface area is 80.1 Å². The summed E-state index contributed by atoms with van der Waals surface area (Å²) in [6.07, 6.45) is 0.637. The van der Waals surface area contributed by atoms with Crippen LogP contribution in [0.2, 0.25) is 0 Å². The van der Waals surface area contributed by atoms with Gasteiger partial charge >= 0.3 is 6.03 Å². The van der Waals surface area contributed by atoms with Crippen LogP contribution in [0.25, 0.3) is 0 Å². The predicted octanol–water partition coefficient (Wildman–Crippen LogP) is 0.761. The maximum absolute atomic E-state index is 11.6. The summed E-state index contributed by atoms with van der Waals surface area (Å²) in [6, 6.07) is 0.185. The summed E-state index contributed by atoms with van der Waals surface area (Å²) in [5.41, 5.74) is 0. The minimum atomic E-state index is 0.00319. The van der Waals surface area contributed by atoms with E-state index in [9.17, 15) is 4.79 Å². The van der Waals surface area contributed by atoms with Crippen molar-refractivity contribution < 1.29 is 9.90 Å². The Kier molecular flexibility index (Phi) is 5.46. The van der Waals surface area contributed by atoms with Crippen molar-refractivity contribution >= 4 is 6.03 Å². The van der Waals surface area contributed by atoms with Gasteiger partial charge in [-0.05, 0) is 20.3 Å². The Morgan fingerprint density at radius 1 is 1.38 bits per heavy atom. The Morgan fingerprint density at radius 2 is 1.92 bits per heavy atom. The number of urea groups is 1. The number of hydrogen-bond donors (Lipinski definition) is 1. The minimum Gasteiger partial charge on any atom is -0.396 e. The fourth-order valence-corrected chi connectivity index (χ4v) is 1.07. The van der Waals surface area contributed by atoms with Crippen molar-refractivity contribution in [1.82, 2.24) is 9.80 Å². The highest BCUT2D eigenvalue weighted by Crippen LogP contribution is 2.02. The van der Waals surface area contributed by atoms with E-state index >= 15 is 0 Å². The number of nitrogens with zero attached hydrogens (tertiary/aromatic N) is 2. The van der Waals surface area contributed by atoms with Crippen LogP contribution in [0, 0.1) is 0 Å². The molecule has 0 saturated heterocycles. The van der Waals surface area contributed by atoms with Crippen molar-refractivity contribution in [1.29, 1.82) is 0 Å². The van der Waals surface area contributed by atoms with Crippen LogP contribution in [0.4, 0.5) is 4.79 Å². The first-order chi connectivity index (χ1) is 6.00. The fourth-order valence-electron chi connectivity index (χ4n) is 1.07. The number of aliphatic hydroxyl groups excluding tert-OH is 1. The van der Waals surface area contributed by atoms with Crippen molar-refractivity contribution in [2.75, 3.05) is 27.2 Å². The Bertz CT molecular complexity index is 158. The zero-order valence-electron chi connectivity index (χ0n) is 8.95. The molecule has 0 fully saturated rings. The van der Waals surface area contributed by atoms with Gasteiger partial charge in [0.1, 0.15) is 0 Å². The average molecular weight is 188 g/mol. The number of hydrogen-bond acceptors (Lipinski definition) is 2. The van der Waals surface area contributed by atoms with Gasteiger partial charge in [0, 0.05) is 33.3 Å². The molecule has 2 amide bonds. The molecule has 0 saturated carbocycles. The van der Waals surface area contributed by atoms with E-state index in [1.165, 1.54) is 0 Å². The topological polar surface area (TPSA) is 43.8 Å². The summed E-state index contributed by atoms with van der Waals surface area (Å²) in [4.78, 5) is 14.9. The molecule has 0 aromatic heterocycles. The Morgan fingerprint density at radius 3 is 2.23 bits per heavy atom. The van der Waals surface area contributed by atoms with E-state index in [0.717, 1.165) is 0 Å². The van der Waals surface area contributed by atoms with E-state index in [4.69, 9.17) is 5.11 Å². The van der Waals surface area contributed by atoms with Crippen molar-refractivity contribution in [3.05, 3.63) is 0 Å². The van der Waals surface area contributed by atoms with Crippen LogP contribution in [0.5, 0.6) is 0 Å². The summed E-state index contributed by atoms with van der Waals surface area (Å²) in [6.45, 7) is 4.69. The standard InChI is InChI=1S/C9H20N2O2/c1-8(2)11(6-5-7-12)9(13)10(3)4/h8,12H,5-7H2,1-4H3. The summed E-state index contributed by atoms with van der Waals surface area (Å²) in [7, 11) is 3.47. The van der Waals surface area contributed by atoms with Crippen molar-refractivity contribution in [2.24, 2.45) is 0 Å². The zero-order chi connectivity index (χ0) is 10.4. The second-order valence-corrected chi connectivity index (χ2v) is 3.54. The molecule has 0 radical (unpaired) electrons. The lowest BCUT2D eigenvalue weighted by molar-refractivity contribution is 0.150. The molecule has 4 nitrogen and oxygen atoms in total. The number of aliphatic hydroxyl groups is 1. The average Bonchev–Trinajstić information content (AvgIpc) is 2.04. The molecule has 1 N–H and O–H groups in total. The molecule has 0 rings (SSSR count). The molecule has 0 unspecified atom stereocenters. The summed E-state index contributed by atoms with van der Waals surface area (Å²) in [5.74, 6) is 0. The van der Waals surface area contributed by atoms with Crippen molar-refractivity contribution in [3.63, 3.8) is 0 Å². The van der Waals surface area contributed by atoms with E-state index in [1.807, 2.05) is 13.8 Å². The highest BCUT2D eigenvalue weighted by atomic mass is 16.3. The quantitative estimate of drug-likeness (QED) is 0.708. The lowest BCUT2D eigenvalue weighted by Gasteiger charge is -2.29. The molecule has 0 aliphatic heterocycles. The van der Waals surface area contributed by atoms with Gasteiger partial charge in [0.05, 0.1) is 0 Å². The summed E-state index contributed by atoms with van der Waals surface area (Å²) < 4.78 is 0. The van der Waals surface area contributed by atoms with Crippen LogP contribution in [0.15, 0.2) is 0 Å². The Hall–Kier alpha value is -0.770. The van der Waals surface area contributed by atoms with Gasteiger partial charge in [-0.3, -0.25) is 0 Å². The van der Waals surface area contributed by atoms with E-state index < -0.39 is 0 Å². The molecule has 0 bridgehead atoms. The smallest absolute Gasteiger partial charge is 0.319 e. The first-order valence-corrected chi connectivity index (χ1v) is 4.59. The molecule has 0 spiro atoms. The van der Waals surface area contributed by atoms with Crippen LogP contribution in [0.3, 0.4) is 0 Å². The van der Waals surface area contributed by atoms with Crippen LogP contribution in [-0.4, -0.2) is 54.2 Å². The van der Waals surface area contributed by atoms with E-state index in [1.54, 1.807) is 23.9 Å². The molecule has 0 aromatic rings. The SMILES string of the molecule is CC(C)N(CCCO)C(=O)N(C)C. The molecule has 78 valence electrons. The molecule has 4 heteroatoms. The first-order valence-electron chi connectivity index (χ1n) is 4.59. The van der Waals surface area contributed by atoms with Gasteiger partial charge in [0.25, 0.3) is 0 Å². The normalized spacial score (nSPS) is 10.3. The fraction of sp³-hybridized carbons (Fsp3) is 0.889. The van der Waals surface area contributed by atoms with Crippen molar-refractivity contribution in [3.8, 4) is 0 Å². The molecule has 0 aliphatic rings. The summed E-state index contributed by atoms with van der Waals surface area (Å²) >= 11 is 0. The van der Waals surface area contributed by atoms with Gasteiger partial charge in [0.15, 0.2) is 0 Å². The molecule has 0 aromatic carbocycles. The number of amides is 2.